The molecule has 0 aromatic rings. The van der Waals surface area contributed by atoms with Crippen LogP contribution < -0.4 is 0 Å². The van der Waals surface area contributed by atoms with Gasteiger partial charge in [0, 0.05) is 18.9 Å². The molecule has 0 aromatic heterocycles. The van der Waals surface area contributed by atoms with Crippen LogP contribution in [0.25, 0.3) is 0 Å². The van der Waals surface area contributed by atoms with Crippen LogP contribution in [0.3, 0.4) is 0 Å². The van der Waals surface area contributed by atoms with Crippen LogP contribution in [0.4, 0.5) is 0 Å². The summed E-state index contributed by atoms with van der Waals surface area (Å²) in [6, 6.07) is 0. The van der Waals surface area contributed by atoms with Crippen LogP contribution in [0.5, 0.6) is 0 Å². The average molecular weight is 363 g/mol. The first kappa shape index (κ1) is 18.5. The molecule has 0 aromatic carbocycles. The van der Waals surface area contributed by atoms with Crippen molar-refractivity contribution in [1.82, 2.24) is 0 Å². The van der Waals surface area contributed by atoms with E-state index in [1.807, 2.05) is 0 Å². The molecule has 0 aliphatic heterocycles. The molecule has 1 spiro atoms. The Bertz CT molecular complexity index is 644. The fourth-order valence-corrected chi connectivity index (χ4v) is 7.68. The third kappa shape index (κ3) is 2.12. The summed E-state index contributed by atoms with van der Waals surface area (Å²) in [6.07, 6.45) is 9.61. The molecule has 4 aliphatic rings. The van der Waals surface area contributed by atoms with Crippen LogP contribution in [-0.2, 0) is 9.53 Å². The summed E-state index contributed by atoms with van der Waals surface area (Å²) in [5, 5.41) is 21.6. The van der Waals surface area contributed by atoms with Gasteiger partial charge in [0.2, 0.25) is 0 Å². The van der Waals surface area contributed by atoms with Crippen molar-refractivity contribution in [3.8, 4) is 0 Å². The topological polar surface area (TPSA) is 66.8 Å². The van der Waals surface area contributed by atoms with Crippen LogP contribution in [0, 0.1) is 33.5 Å². The minimum absolute atomic E-state index is 0.0589. The second-order valence-electron chi connectivity index (χ2n) is 10.4. The predicted octanol–water partition coefficient (Wildman–Crippen LogP) is 3.46. The Morgan fingerprint density at radius 2 is 1.88 bits per heavy atom. The molecule has 3 saturated carbocycles. The zero-order valence-electron chi connectivity index (χ0n) is 16.6. The molecule has 4 aliphatic carbocycles. The summed E-state index contributed by atoms with van der Waals surface area (Å²) < 4.78 is 5.90. The predicted molar refractivity (Wildman–Crippen MR) is 99.2 cm³/mol. The van der Waals surface area contributed by atoms with E-state index in [1.165, 1.54) is 6.92 Å². The fourth-order valence-electron chi connectivity index (χ4n) is 7.68. The lowest BCUT2D eigenvalue weighted by Gasteiger charge is -2.67. The number of ether oxygens (including phenoxy) is 1. The van der Waals surface area contributed by atoms with Gasteiger partial charge in [0.25, 0.3) is 0 Å². The summed E-state index contributed by atoms with van der Waals surface area (Å²) in [5.41, 5.74) is -0.769. The lowest BCUT2D eigenvalue weighted by Crippen LogP contribution is -2.67. The highest BCUT2D eigenvalue weighted by Gasteiger charge is 2.71. The smallest absolute Gasteiger partial charge is 0.302 e. The normalized spacial score (nSPS) is 55.2. The van der Waals surface area contributed by atoms with Crippen molar-refractivity contribution in [2.45, 2.75) is 78.4 Å². The van der Waals surface area contributed by atoms with Crippen molar-refractivity contribution in [3.05, 3.63) is 12.2 Å². The Labute approximate surface area is 157 Å². The van der Waals surface area contributed by atoms with Crippen LogP contribution in [0.15, 0.2) is 12.2 Å². The first-order valence-electron chi connectivity index (χ1n) is 10.3. The number of aliphatic hydroxyl groups excluding tert-OH is 2. The lowest BCUT2D eigenvalue weighted by atomic mass is 9.39. The van der Waals surface area contributed by atoms with Crippen LogP contribution >= 0.6 is 0 Å². The highest BCUT2D eigenvalue weighted by atomic mass is 16.5. The Morgan fingerprint density at radius 1 is 1.15 bits per heavy atom. The summed E-state index contributed by atoms with van der Waals surface area (Å²) in [6.45, 7) is 8.36. The molecule has 2 bridgehead atoms. The number of fused-ring (bicyclic) bond motifs is 3. The van der Waals surface area contributed by atoms with E-state index in [0.717, 1.165) is 38.5 Å². The summed E-state index contributed by atoms with van der Waals surface area (Å²) in [4.78, 5) is 11.9. The Hall–Kier alpha value is -0.870. The minimum Gasteiger partial charge on any atom is -0.462 e. The van der Waals surface area contributed by atoms with Gasteiger partial charge in [-0.2, -0.15) is 0 Å². The van der Waals surface area contributed by atoms with Crippen LogP contribution in [0.2, 0.25) is 0 Å². The molecule has 4 nitrogen and oxygen atoms in total. The van der Waals surface area contributed by atoms with Crippen molar-refractivity contribution in [2.24, 2.45) is 33.5 Å². The highest BCUT2D eigenvalue weighted by Crippen LogP contribution is 2.72. The lowest BCUT2D eigenvalue weighted by molar-refractivity contribution is -0.241. The summed E-state index contributed by atoms with van der Waals surface area (Å²) in [5.74, 6) is 0.318. The van der Waals surface area contributed by atoms with Gasteiger partial charge in [-0.1, -0.05) is 39.3 Å². The number of rotatable bonds is 2. The molecule has 3 fully saturated rings. The van der Waals surface area contributed by atoms with Gasteiger partial charge in [0.1, 0.15) is 6.10 Å². The molecule has 0 unspecified atom stereocenters. The van der Waals surface area contributed by atoms with Crippen molar-refractivity contribution in [1.29, 1.82) is 0 Å². The van der Waals surface area contributed by atoms with Gasteiger partial charge in [0.05, 0.1) is 11.5 Å². The maximum absolute atomic E-state index is 11.9. The second kappa shape index (κ2) is 5.57. The van der Waals surface area contributed by atoms with E-state index in [4.69, 9.17) is 4.74 Å². The van der Waals surface area contributed by atoms with E-state index in [-0.39, 0.29) is 40.8 Å². The Balaban J connectivity index is 1.84. The van der Waals surface area contributed by atoms with E-state index < -0.39 is 11.5 Å². The fraction of sp³-hybridized carbons (Fsp3) is 0.864. The molecule has 4 heteroatoms. The molecule has 8 atom stereocenters. The first-order valence-corrected chi connectivity index (χ1v) is 10.3. The quantitative estimate of drug-likeness (QED) is 0.583. The highest BCUT2D eigenvalue weighted by molar-refractivity contribution is 5.66. The molecular weight excluding hydrogens is 328 g/mol. The molecule has 0 saturated heterocycles. The van der Waals surface area contributed by atoms with Crippen molar-refractivity contribution >= 4 is 5.97 Å². The number of carbonyl (C=O) groups excluding carboxylic acids is 1. The molecule has 4 rings (SSSR count). The minimum atomic E-state index is -0.502. The first-order chi connectivity index (χ1) is 12.1. The van der Waals surface area contributed by atoms with Crippen LogP contribution in [0.1, 0.15) is 66.2 Å². The molecular formula is C22H34O4. The zero-order valence-corrected chi connectivity index (χ0v) is 16.6. The molecule has 0 amide bonds. The number of hydrogen-bond donors (Lipinski definition) is 2. The van der Waals surface area contributed by atoms with Gasteiger partial charge in [-0.05, 0) is 54.8 Å². The molecule has 0 heterocycles. The Morgan fingerprint density at radius 3 is 2.54 bits per heavy atom. The third-order valence-electron chi connectivity index (χ3n) is 9.00. The number of esters is 1. The zero-order chi connectivity index (χ0) is 19.0. The maximum Gasteiger partial charge on any atom is 0.302 e. The number of hydrogen-bond acceptors (Lipinski definition) is 4. The van der Waals surface area contributed by atoms with E-state index in [9.17, 15) is 15.0 Å². The SMILES string of the molecule is CC(=O)O[C@H]1C[C@@H]2[C@@](C)(CO)CCC[C@@]2(C)[C@@H]2CC[C@]3(C)C=C[C@]12[C@H]3O. The van der Waals surface area contributed by atoms with Gasteiger partial charge >= 0.3 is 5.97 Å². The molecule has 26 heavy (non-hydrogen) atoms. The summed E-state index contributed by atoms with van der Waals surface area (Å²) >= 11 is 0. The third-order valence-corrected chi connectivity index (χ3v) is 9.00. The second-order valence-corrected chi connectivity index (χ2v) is 10.4. The number of carbonyl (C=O) groups is 1. The van der Waals surface area contributed by atoms with Crippen molar-refractivity contribution < 1.29 is 19.7 Å². The Kier molecular flexibility index (Phi) is 3.96. The van der Waals surface area contributed by atoms with Gasteiger partial charge in [-0.3, -0.25) is 4.79 Å². The van der Waals surface area contributed by atoms with Crippen molar-refractivity contribution in [3.63, 3.8) is 0 Å². The van der Waals surface area contributed by atoms with Gasteiger partial charge < -0.3 is 14.9 Å². The van der Waals surface area contributed by atoms with Crippen LogP contribution in [-0.4, -0.2) is 35.0 Å². The largest absolute Gasteiger partial charge is 0.462 e. The average Bonchev–Trinajstić information content (AvgIpc) is 2.73. The molecule has 0 radical (unpaired) electrons. The molecule has 2 N–H and O–H groups in total. The summed E-state index contributed by atoms with van der Waals surface area (Å²) in [7, 11) is 0. The standard InChI is InChI=1S/C22H34O4/c1-14(24)26-17-12-16-20(3,13-23)7-5-8-21(16,4)15-6-9-19(2)10-11-22(15,17)18(19)25/h10-11,15-18,23,25H,5-9,12-13H2,1-4H3/t15-,16+,17-,18-,19+,20+,21-,22+/m0/s1. The monoisotopic (exact) mass is 362 g/mol. The maximum atomic E-state index is 11.9. The van der Waals surface area contributed by atoms with E-state index in [2.05, 4.69) is 32.9 Å². The number of aliphatic hydroxyl groups is 2. The van der Waals surface area contributed by atoms with E-state index in [1.54, 1.807) is 0 Å². The van der Waals surface area contributed by atoms with Gasteiger partial charge in [-0.15, -0.1) is 0 Å². The van der Waals surface area contributed by atoms with E-state index >= 15 is 0 Å². The van der Waals surface area contributed by atoms with Crippen molar-refractivity contribution in [2.75, 3.05) is 6.61 Å². The van der Waals surface area contributed by atoms with Gasteiger partial charge in [0.15, 0.2) is 0 Å². The molecule has 146 valence electrons. The van der Waals surface area contributed by atoms with Gasteiger partial charge in [-0.25, -0.2) is 0 Å². The van der Waals surface area contributed by atoms with E-state index in [0.29, 0.717) is 5.92 Å².